The number of halogens is 1. The van der Waals surface area contributed by atoms with Gasteiger partial charge in [0.2, 0.25) is 0 Å². The van der Waals surface area contributed by atoms with Gasteiger partial charge in [0, 0.05) is 11.9 Å². The van der Waals surface area contributed by atoms with Gasteiger partial charge in [0.25, 0.3) is 5.91 Å². The molecule has 2 N–H and O–H groups in total. The molecule has 2 atom stereocenters. The molecule has 8 heteroatoms. The standard InChI is InChI=1S/C18H17ClN2O5/c19-13-9-11(21-17(22)15-6-7-16(26-15)18(23)24)4-5-14(13)25-10-12-3-1-2-8-20-12/h1-5,8-9,15-16H,6-7,10H2,(H,21,22)(H,23,24)/t15-,16+/m0/s1. The van der Waals surface area contributed by atoms with Crippen LogP contribution in [0.1, 0.15) is 18.5 Å². The number of nitrogens with zero attached hydrogens (tertiary/aromatic N) is 1. The molecule has 1 aliphatic heterocycles. The lowest BCUT2D eigenvalue weighted by atomic mass is 10.2. The molecule has 0 radical (unpaired) electrons. The molecule has 26 heavy (non-hydrogen) atoms. The summed E-state index contributed by atoms with van der Waals surface area (Å²) in [6.45, 7) is 0.277. The molecule has 0 saturated carbocycles. The molecule has 2 heterocycles. The maximum atomic E-state index is 12.2. The summed E-state index contributed by atoms with van der Waals surface area (Å²) >= 11 is 6.20. The Morgan fingerprint density at radius 1 is 1.27 bits per heavy atom. The molecule has 2 aromatic rings. The second-order valence-electron chi connectivity index (χ2n) is 5.77. The first-order chi connectivity index (χ1) is 12.5. The number of carbonyl (C=O) groups excluding carboxylic acids is 1. The maximum Gasteiger partial charge on any atom is 0.332 e. The molecular formula is C18H17ClN2O5. The van der Waals surface area contributed by atoms with E-state index in [2.05, 4.69) is 10.3 Å². The van der Waals surface area contributed by atoms with Crippen molar-refractivity contribution in [3.05, 3.63) is 53.3 Å². The van der Waals surface area contributed by atoms with Gasteiger partial charge in [0.05, 0.1) is 10.7 Å². The first-order valence-corrected chi connectivity index (χ1v) is 8.42. The molecule has 1 saturated heterocycles. The molecule has 1 aromatic carbocycles. The Hall–Kier alpha value is -2.64. The minimum absolute atomic E-state index is 0.277. The summed E-state index contributed by atoms with van der Waals surface area (Å²) in [5.74, 6) is -0.983. The van der Waals surface area contributed by atoms with Crippen molar-refractivity contribution in [3.8, 4) is 5.75 Å². The fraction of sp³-hybridized carbons (Fsp3) is 0.278. The van der Waals surface area contributed by atoms with Crippen LogP contribution in [0.2, 0.25) is 5.02 Å². The van der Waals surface area contributed by atoms with Gasteiger partial charge in [-0.2, -0.15) is 0 Å². The summed E-state index contributed by atoms with van der Waals surface area (Å²) in [7, 11) is 0. The van der Waals surface area contributed by atoms with E-state index in [0.29, 0.717) is 29.3 Å². The van der Waals surface area contributed by atoms with Crippen molar-refractivity contribution >= 4 is 29.2 Å². The topological polar surface area (TPSA) is 97.8 Å². The van der Waals surface area contributed by atoms with Gasteiger partial charge in [-0.25, -0.2) is 4.79 Å². The van der Waals surface area contributed by atoms with Crippen LogP contribution in [0.25, 0.3) is 0 Å². The van der Waals surface area contributed by atoms with Gasteiger partial charge < -0.3 is 19.9 Å². The van der Waals surface area contributed by atoms with Gasteiger partial charge in [0.1, 0.15) is 18.5 Å². The molecule has 0 aliphatic carbocycles. The smallest absolute Gasteiger partial charge is 0.332 e. The fourth-order valence-corrected chi connectivity index (χ4v) is 2.80. The zero-order valence-corrected chi connectivity index (χ0v) is 14.5. The van der Waals surface area contributed by atoms with E-state index in [1.54, 1.807) is 24.4 Å². The van der Waals surface area contributed by atoms with Crippen LogP contribution in [0.5, 0.6) is 5.75 Å². The predicted octanol–water partition coefficient (Wildman–Crippen LogP) is 2.88. The highest BCUT2D eigenvalue weighted by Crippen LogP contribution is 2.29. The van der Waals surface area contributed by atoms with Gasteiger partial charge in [-0.1, -0.05) is 17.7 Å². The van der Waals surface area contributed by atoms with Crippen molar-refractivity contribution in [1.82, 2.24) is 4.98 Å². The average molecular weight is 377 g/mol. The lowest BCUT2D eigenvalue weighted by molar-refractivity contribution is -0.150. The predicted molar refractivity (Wildman–Crippen MR) is 94.2 cm³/mol. The Morgan fingerprint density at radius 2 is 2.08 bits per heavy atom. The van der Waals surface area contributed by atoms with Crippen LogP contribution in [0.4, 0.5) is 5.69 Å². The van der Waals surface area contributed by atoms with Crippen LogP contribution < -0.4 is 10.1 Å². The van der Waals surface area contributed by atoms with Crippen LogP contribution in [-0.4, -0.2) is 34.2 Å². The van der Waals surface area contributed by atoms with Crippen molar-refractivity contribution in [2.75, 3.05) is 5.32 Å². The summed E-state index contributed by atoms with van der Waals surface area (Å²) in [6.07, 6.45) is 0.640. The molecule has 0 unspecified atom stereocenters. The Kier molecular flexibility index (Phi) is 5.70. The van der Waals surface area contributed by atoms with Crippen molar-refractivity contribution in [1.29, 1.82) is 0 Å². The summed E-state index contributed by atoms with van der Waals surface area (Å²) < 4.78 is 10.8. The lowest BCUT2D eigenvalue weighted by Gasteiger charge is -2.13. The van der Waals surface area contributed by atoms with E-state index in [0.717, 1.165) is 5.69 Å². The summed E-state index contributed by atoms with van der Waals surface area (Å²) in [5.41, 5.74) is 1.25. The molecule has 1 aromatic heterocycles. The zero-order chi connectivity index (χ0) is 18.5. The second kappa shape index (κ2) is 8.16. The number of hydrogen-bond acceptors (Lipinski definition) is 5. The third-order valence-corrected chi connectivity index (χ3v) is 4.18. The minimum atomic E-state index is -1.06. The van der Waals surface area contributed by atoms with Gasteiger partial charge >= 0.3 is 5.97 Å². The number of nitrogens with one attached hydrogen (secondary N) is 1. The number of carboxylic acid groups (broad SMARTS) is 1. The number of benzene rings is 1. The number of carbonyl (C=O) groups is 2. The SMILES string of the molecule is O=C(Nc1ccc(OCc2ccccn2)c(Cl)c1)[C@@H]1CC[C@H](C(=O)O)O1. The number of ether oxygens (including phenoxy) is 2. The monoisotopic (exact) mass is 376 g/mol. The van der Waals surface area contributed by atoms with E-state index in [-0.39, 0.29) is 6.61 Å². The lowest BCUT2D eigenvalue weighted by Crippen LogP contribution is -2.29. The highest BCUT2D eigenvalue weighted by molar-refractivity contribution is 6.32. The van der Waals surface area contributed by atoms with Crippen LogP contribution in [0.3, 0.4) is 0 Å². The Labute approximate surface area is 154 Å². The van der Waals surface area contributed by atoms with Gasteiger partial charge in [-0.3, -0.25) is 9.78 Å². The van der Waals surface area contributed by atoms with E-state index in [4.69, 9.17) is 26.2 Å². The molecular weight excluding hydrogens is 360 g/mol. The molecule has 1 amide bonds. The maximum absolute atomic E-state index is 12.2. The van der Waals surface area contributed by atoms with E-state index >= 15 is 0 Å². The van der Waals surface area contributed by atoms with E-state index in [1.807, 2.05) is 18.2 Å². The quantitative estimate of drug-likeness (QED) is 0.804. The fourth-order valence-electron chi connectivity index (χ4n) is 2.57. The number of pyridine rings is 1. The number of hydrogen-bond donors (Lipinski definition) is 2. The highest BCUT2D eigenvalue weighted by Gasteiger charge is 2.34. The van der Waals surface area contributed by atoms with E-state index < -0.39 is 24.1 Å². The first-order valence-electron chi connectivity index (χ1n) is 8.04. The average Bonchev–Trinajstić information content (AvgIpc) is 3.12. The number of rotatable bonds is 6. The molecule has 3 rings (SSSR count). The van der Waals surface area contributed by atoms with Crippen molar-refractivity contribution in [2.24, 2.45) is 0 Å². The molecule has 1 aliphatic rings. The summed E-state index contributed by atoms with van der Waals surface area (Å²) in [4.78, 5) is 27.2. The summed E-state index contributed by atoms with van der Waals surface area (Å²) in [5, 5.41) is 11.9. The molecule has 7 nitrogen and oxygen atoms in total. The molecule has 0 spiro atoms. The van der Waals surface area contributed by atoms with Gasteiger partial charge in [-0.15, -0.1) is 0 Å². The minimum Gasteiger partial charge on any atom is -0.486 e. The molecule has 0 bridgehead atoms. The number of aromatic nitrogens is 1. The summed E-state index contributed by atoms with van der Waals surface area (Å²) in [6, 6.07) is 10.4. The van der Waals surface area contributed by atoms with Crippen molar-refractivity contribution < 1.29 is 24.2 Å². The normalized spacial score (nSPS) is 19.1. The van der Waals surface area contributed by atoms with Crippen LogP contribution in [0, 0.1) is 0 Å². The third kappa shape index (κ3) is 4.50. The Morgan fingerprint density at radius 3 is 2.73 bits per heavy atom. The number of anilines is 1. The van der Waals surface area contributed by atoms with Crippen molar-refractivity contribution in [2.45, 2.75) is 31.7 Å². The van der Waals surface area contributed by atoms with Gasteiger partial charge in [0.15, 0.2) is 6.10 Å². The number of amides is 1. The van der Waals surface area contributed by atoms with Crippen LogP contribution in [-0.2, 0) is 20.9 Å². The highest BCUT2D eigenvalue weighted by atomic mass is 35.5. The van der Waals surface area contributed by atoms with E-state index in [9.17, 15) is 9.59 Å². The second-order valence-corrected chi connectivity index (χ2v) is 6.18. The van der Waals surface area contributed by atoms with Crippen molar-refractivity contribution in [3.63, 3.8) is 0 Å². The van der Waals surface area contributed by atoms with Gasteiger partial charge in [-0.05, 0) is 43.2 Å². The molecule has 1 fully saturated rings. The largest absolute Gasteiger partial charge is 0.486 e. The molecule has 136 valence electrons. The number of carboxylic acids is 1. The first kappa shape index (κ1) is 18.2. The van der Waals surface area contributed by atoms with Crippen LogP contribution >= 0.6 is 11.6 Å². The zero-order valence-electron chi connectivity index (χ0n) is 13.7. The Balaban J connectivity index is 1.57. The van der Waals surface area contributed by atoms with Crippen LogP contribution in [0.15, 0.2) is 42.6 Å². The number of aliphatic carboxylic acids is 1. The Bertz CT molecular complexity index is 799. The van der Waals surface area contributed by atoms with E-state index in [1.165, 1.54) is 0 Å². The third-order valence-electron chi connectivity index (χ3n) is 3.89.